The maximum absolute atomic E-state index is 10.3. The highest BCUT2D eigenvalue weighted by atomic mass is 35.5. The second kappa shape index (κ2) is 4.09. The van der Waals surface area contributed by atoms with Gasteiger partial charge < -0.3 is 0 Å². The summed E-state index contributed by atoms with van der Waals surface area (Å²) in [5.41, 5.74) is 0.377. The third-order valence-corrected chi connectivity index (χ3v) is 2.07. The Bertz CT molecular complexity index is 318. The maximum atomic E-state index is 10.3. The first-order chi connectivity index (χ1) is 5.59. The second-order valence-electron chi connectivity index (χ2n) is 1.98. The average Bonchev–Trinajstić information content (AvgIpc) is 1.94. The van der Waals surface area contributed by atoms with E-state index in [-0.39, 0.29) is 0 Å². The maximum Gasteiger partial charge on any atom is 0.259 e. The Morgan fingerprint density at radius 3 is 2.58 bits per heavy atom. The molecule has 1 atom stereocenters. The van der Waals surface area contributed by atoms with Crippen molar-refractivity contribution in [1.29, 1.82) is 0 Å². The molecule has 0 aliphatic rings. The summed E-state index contributed by atoms with van der Waals surface area (Å²) in [6, 6.07) is 4.58. The molecule has 0 saturated heterocycles. The van der Waals surface area contributed by atoms with Crippen molar-refractivity contribution >= 4 is 40.2 Å². The lowest BCUT2D eigenvalue weighted by molar-refractivity contribution is 0.570. The number of nitrogens with one attached hydrogen (secondary N) is 1. The van der Waals surface area contributed by atoms with E-state index in [1.807, 2.05) is 0 Å². The van der Waals surface area contributed by atoms with Crippen LogP contribution in [0.3, 0.4) is 0 Å². The van der Waals surface area contributed by atoms with E-state index in [4.69, 9.17) is 27.8 Å². The van der Waals surface area contributed by atoms with Crippen LogP contribution in [0.4, 0.5) is 5.69 Å². The number of hydrogen-bond donors (Lipinski definition) is 2. The Hall–Kier alpha value is -0.290. The lowest BCUT2D eigenvalue weighted by atomic mass is 10.3. The van der Waals surface area contributed by atoms with E-state index < -0.39 is 11.3 Å². The normalized spacial score (nSPS) is 12.6. The van der Waals surface area contributed by atoms with Gasteiger partial charge in [0.05, 0.1) is 10.7 Å². The van der Waals surface area contributed by atoms with Crippen LogP contribution >= 0.6 is 23.2 Å². The predicted molar refractivity (Wildman–Crippen MR) is 50.9 cm³/mol. The minimum absolute atomic E-state index is 0.310. The third-order valence-electron chi connectivity index (χ3n) is 1.13. The van der Waals surface area contributed by atoms with Gasteiger partial charge in [0.25, 0.3) is 11.3 Å². The van der Waals surface area contributed by atoms with Crippen LogP contribution in [0.1, 0.15) is 0 Å². The van der Waals surface area contributed by atoms with Gasteiger partial charge in [0.15, 0.2) is 0 Å². The van der Waals surface area contributed by atoms with Crippen LogP contribution in [-0.2, 0) is 11.3 Å². The van der Waals surface area contributed by atoms with E-state index in [0.717, 1.165) is 0 Å². The molecule has 1 aromatic carbocycles. The first kappa shape index (κ1) is 9.80. The fourth-order valence-electron chi connectivity index (χ4n) is 0.666. The van der Waals surface area contributed by atoms with E-state index in [9.17, 15) is 4.21 Å². The van der Waals surface area contributed by atoms with Gasteiger partial charge in [0.1, 0.15) is 0 Å². The number of halogens is 2. The van der Waals surface area contributed by atoms with Gasteiger partial charge in [0, 0.05) is 5.02 Å². The van der Waals surface area contributed by atoms with Crippen molar-refractivity contribution in [1.82, 2.24) is 0 Å². The van der Waals surface area contributed by atoms with Crippen LogP contribution in [0, 0.1) is 0 Å². The Morgan fingerprint density at radius 1 is 1.42 bits per heavy atom. The minimum Gasteiger partial charge on any atom is -0.289 e. The molecule has 1 aromatic rings. The van der Waals surface area contributed by atoms with Crippen molar-refractivity contribution in [2.45, 2.75) is 0 Å². The number of hydrogen-bond acceptors (Lipinski definition) is 1. The van der Waals surface area contributed by atoms with Gasteiger partial charge >= 0.3 is 0 Å². The molecule has 0 amide bonds. The van der Waals surface area contributed by atoms with E-state index in [1.165, 1.54) is 12.1 Å². The summed E-state index contributed by atoms with van der Waals surface area (Å²) in [4.78, 5) is 0. The molecular weight excluding hydrogens is 221 g/mol. The molecule has 0 spiro atoms. The molecule has 0 aliphatic heterocycles. The topological polar surface area (TPSA) is 49.3 Å². The fraction of sp³-hybridized carbons (Fsp3) is 0. The molecule has 2 N–H and O–H groups in total. The molecule has 3 nitrogen and oxygen atoms in total. The van der Waals surface area contributed by atoms with E-state index in [0.29, 0.717) is 15.7 Å². The monoisotopic (exact) mass is 225 g/mol. The van der Waals surface area contributed by atoms with Crippen LogP contribution < -0.4 is 4.72 Å². The van der Waals surface area contributed by atoms with Crippen molar-refractivity contribution in [2.24, 2.45) is 0 Å². The van der Waals surface area contributed by atoms with Crippen molar-refractivity contribution in [3.63, 3.8) is 0 Å². The highest BCUT2D eigenvalue weighted by Gasteiger charge is 2.01. The standard InChI is InChI=1S/C6H5Cl2NO2S/c7-4-1-2-6(5(8)3-4)9-12(10)11/h1-3,9H,(H,10,11). The number of rotatable bonds is 2. The largest absolute Gasteiger partial charge is 0.289 e. The van der Waals surface area contributed by atoms with E-state index in [1.54, 1.807) is 6.07 Å². The van der Waals surface area contributed by atoms with E-state index in [2.05, 4.69) is 4.72 Å². The Morgan fingerprint density at radius 2 is 2.08 bits per heavy atom. The summed E-state index contributed by atoms with van der Waals surface area (Å²) in [7, 11) is 0. The second-order valence-corrected chi connectivity index (χ2v) is 3.52. The molecule has 1 rings (SSSR count). The first-order valence-corrected chi connectivity index (χ1v) is 4.78. The molecule has 0 radical (unpaired) electrons. The van der Waals surface area contributed by atoms with Crippen LogP contribution in [0.25, 0.3) is 0 Å². The molecule has 0 bridgehead atoms. The average molecular weight is 226 g/mol. The Balaban J connectivity index is 2.93. The highest BCUT2D eigenvalue weighted by Crippen LogP contribution is 2.25. The lowest BCUT2D eigenvalue weighted by Gasteiger charge is -2.03. The fourth-order valence-corrected chi connectivity index (χ4v) is 1.54. The number of benzene rings is 1. The van der Waals surface area contributed by atoms with Gasteiger partial charge in [-0.2, -0.15) is 0 Å². The first-order valence-electron chi connectivity index (χ1n) is 2.92. The predicted octanol–water partition coefficient (Wildman–Crippen LogP) is 2.54. The smallest absolute Gasteiger partial charge is 0.259 e. The molecule has 12 heavy (non-hydrogen) atoms. The van der Waals surface area contributed by atoms with Gasteiger partial charge in [-0.3, -0.25) is 9.27 Å². The van der Waals surface area contributed by atoms with Gasteiger partial charge in [0.2, 0.25) is 0 Å². The highest BCUT2D eigenvalue weighted by molar-refractivity contribution is 7.80. The molecule has 6 heteroatoms. The van der Waals surface area contributed by atoms with Gasteiger partial charge in [-0.1, -0.05) is 23.2 Å². The zero-order valence-electron chi connectivity index (χ0n) is 5.75. The quantitative estimate of drug-likeness (QED) is 0.761. The summed E-state index contributed by atoms with van der Waals surface area (Å²) in [5.74, 6) is 0. The van der Waals surface area contributed by atoms with Crippen molar-refractivity contribution in [2.75, 3.05) is 4.72 Å². The molecule has 0 aliphatic carbocycles. The molecule has 0 heterocycles. The summed E-state index contributed by atoms with van der Waals surface area (Å²) in [6.45, 7) is 0. The molecule has 0 saturated carbocycles. The van der Waals surface area contributed by atoms with Crippen LogP contribution in [0.15, 0.2) is 18.2 Å². The lowest BCUT2D eigenvalue weighted by Crippen LogP contribution is -2.01. The SMILES string of the molecule is O=S(O)Nc1ccc(Cl)cc1Cl. The van der Waals surface area contributed by atoms with Crippen LogP contribution in [0.5, 0.6) is 0 Å². The summed E-state index contributed by atoms with van der Waals surface area (Å²) in [6.07, 6.45) is 0. The molecule has 0 fully saturated rings. The minimum atomic E-state index is -2.11. The van der Waals surface area contributed by atoms with Crippen molar-refractivity contribution < 1.29 is 8.76 Å². The Labute approximate surface area is 82.1 Å². The molecule has 66 valence electrons. The zero-order valence-corrected chi connectivity index (χ0v) is 8.08. The van der Waals surface area contributed by atoms with Gasteiger partial charge in [-0.05, 0) is 18.2 Å². The van der Waals surface area contributed by atoms with Crippen LogP contribution in [0.2, 0.25) is 10.0 Å². The summed E-state index contributed by atoms with van der Waals surface area (Å²) in [5, 5.41) is 0.791. The van der Waals surface area contributed by atoms with Crippen LogP contribution in [-0.4, -0.2) is 8.76 Å². The van der Waals surface area contributed by atoms with Crippen molar-refractivity contribution in [3.8, 4) is 0 Å². The third kappa shape index (κ3) is 2.64. The zero-order chi connectivity index (χ0) is 9.14. The molecule has 1 unspecified atom stereocenters. The number of anilines is 1. The summed E-state index contributed by atoms with van der Waals surface area (Å²) < 4.78 is 21.0. The van der Waals surface area contributed by atoms with Gasteiger partial charge in [-0.15, -0.1) is 0 Å². The van der Waals surface area contributed by atoms with Gasteiger partial charge in [-0.25, -0.2) is 4.21 Å². The van der Waals surface area contributed by atoms with Crippen molar-refractivity contribution in [3.05, 3.63) is 28.2 Å². The summed E-state index contributed by atoms with van der Waals surface area (Å²) >= 11 is 9.17. The van der Waals surface area contributed by atoms with E-state index >= 15 is 0 Å². The Kier molecular flexibility index (Phi) is 3.34. The molecular formula is C6H5Cl2NO2S. The molecule has 0 aromatic heterocycles.